The highest BCUT2D eigenvalue weighted by atomic mass is 32.1. The maximum Gasteiger partial charge on any atom is 0.339 e. The van der Waals surface area contributed by atoms with Crippen LogP contribution in [0.5, 0.6) is 5.75 Å². The zero-order valence-electron chi connectivity index (χ0n) is 19.2. The first kappa shape index (κ1) is 26.0. The lowest BCUT2D eigenvalue weighted by Gasteiger charge is -2.26. The predicted molar refractivity (Wildman–Crippen MR) is 135 cm³/mol. The fraction of sp³-hybridized carbons (Fsp3) is 0.125. The summed E-state index contributed by atoms with van der Waals surface area (Å²) in [5, 5.41) is 16.5. The highest BCUT2D eigenvalue weighted by molar-refractivity contribution is 7.78. The Morgan fingerprint density at radius 2 is 1.61 bits per heavy atom. The third-order valence-electron chi connectivity index (χ3n) is 5.05. The average molecular weight is 511 g/mol. The Morgan fingerprint density at radius 1 is 0.944 bits per heavy atom. The Kier molecular flexibility index (Phi) is 8.47. The molecule has 12 heteroatoms. The molecule has 2 N–H and O–H groups in total. The van der Waals surface area contributed by atoms with Crippen LogP contribution in [-0.4, -0.2) is 41.4 Å². The minimum Gasteiger partial charge on any atom is -0.496 e. The summed E-state index contributed by atoms with van der Waals surface area (Å²) in [6.45, 7) is 0. The molecular formula is C24H22N4O7S. The van der Waals surface area contributed by atoms with Crippen molar-refractivity contribution in [2.24, 2.45) is 0 Å². The molecule has 0 fully saturated rings. The average Bonchev–Trinajstić information content (AvgIpc) is 2.89. The summed E-state index contributed by atoms with van der Waals surface area (Å²) in [5.41, 5.74) is 0.164. The minimum atomic E-state index is -1.28. The van der Waals surface area contributed by atoms with Gasteiger partial charge in [0, 0.05) is 0 Å². The van der Waals surface area contributed by atoms with E-state index >= 15 is 0 Å². The van der Waals surface area contributed by atoms with Crippen LogP contribution in [0.4, 0.5) is 21.9 Å². The van der Waals surface area contributed by atoms with Gasteiger partial charge in [-0.1, -0.05) is 55.3 Å². The standard InChI is InChI=1S/C24H22N4O7S/c1-34-16-12-13-19(20(14-16)28(32)33)26-24(31)27(36)21(15-8-4-3-5-9-15)22(29)25-18-11-7-6-10-17(18)23(30)35-2/h3-14,21,36H,1-2H3,(H,25,29)(H,26,31). The Morgan fingerprint density at radius 3 is 2.25 bits per heavy atom. The summed E-state index contributed by atoms with van der Waals surface area (Å²) in [4.78, 5) is 49.4. The number of nitro benzene ring substituents is 1. The number of carbonyl (C=O) groups excluding carboxylic acids is 3. The van der Waals surface area contributed by atoms with Crippen molar-refractivity contribution in [3.05, 3.63) is 94.0 Å². The van der Waals surface area contributed by atoms with Gasteiger partial charge >= 0.3 is 12.0 Å². The van der Waals surface area contributed by atoms with E-state index in [1.807, 2.05) is 0 Å². The molecule has 0 aromatic heterocycles. The lowest BCUT2D eigenvalue weighted by Crippen LogP contribution is -2.38. The summed E-state index contributed by atoms with van der Waals surface area (Å²) >= 11 is 4.25. The highest BCUT2D eigenvalue weighted by Gasteiger charge is 2.31. The van der Waals surface area contributed by atoms with E-state index in [4.69, 9.17) is 9.47 Å². The maximum absolute atomic E-state index is 13.4. The van der Waals surface area contributed by atoms with E-state index in [2.05, 4.69) is 23.4 Å². The molecule has 11 nitrogen and oxygen atoms in total. The number of nitrogens with one attached hydrogen (secondary N) is 2. The molecule has 0 aliphatic carbocycles. The van der Waals surface area contributed by atoms with Crippen LogP contribution < -0.4 is 15.4 Å². The molecule has 1 atom stereocenters. The van der Waals surface area contributed by atoms with Crippen LogP contribution in [0.25, 0.3) is 0 Å². The van der Waals surface area contributed by atoms with E-state index in [1.54, 1.807) is 42.5 Å². The van der Waals surface area contributed by atoms with Crippen LogP contribution >= 0.6 is 12.8 Å². The Hall–Kier alpha value is -4.58. The fourth-order valence-corrected chi connectivity index (χ4v) is 3.59. The van der Waals surface area contributed by atoms with Gasteiger partial charge in [-0.2, -0.15) is 0 Å². The quantitative estimate of drug-likeness (QED) is 0.176. The lowest BCUT2D eigenvalue weighted by atomic mass is 10.1. The number of benzene rings is 3. The van der Waals surface area contributed by atoms with Crippen LogP contribution in [0.1, 0.15) is 22.0 Å². The molecule has 0 radical (unpaired) electrons. The van der Waals surface area contributed by atoms with Crippen molar-refractivity contribution in [2.75, 3.05) is 24.9 Å². The van der Waals surface area contributed by atoms with Crippen molar-refractivity contribution in [2.45, 2.75) is 6.04 Å². The number of anilines is 2. The SMILES string of the molecule is COC(=O)c1ccccc1NC(=O)C(c1ccccc1)N(S)C(=O)Nc1ccc(OC)cc1[N+](=O)[O-]. The summed E-state index contributed by atoms with van der Waals surface area (Å²) in [6.07, 6.45) is 0. The monoisotopic (exact) mass is 510 g/mol. The van der Waals surface area contributed by atoms with Gasteiger partial charge < -0.3 is 20.1 Å². The number of para-hydroxylation sites is 1. The van der Waals surface area contributed by atoms with E-state index in [9.17, 15) is 24.5 Å². The third-order valence-corrected chi connectivity index (χ3v) is 5.46. The Bertz CT molecular complexity index is 1290. The van der Waals surface area contributed by atoms with Crippen molar-refractivity contribution in [1.29, 1.82) is 0 Å². The van der Waals surface area contributed by atoms with Gasteiger partial charge in [-0.3, -0.25) is 19.2 Å². The fourth-order valence-electron chi connectivity index (χ4n) is 3.31. The van der Waals surface area contributed by atoms with Crippen LogP contribution in [0.2, 0.25) is 0 Å². The minimum absolute atomic E-state index is 0.115. The van der Waals surface area contributed by atoms with Crippen LogP contribution in [0, 0.1) is 10.1 Å². The Labute approximate surface area is 211 Å². The van der Waals surface area contributed by atoms with E-state index in [1.165, 1.54) is 38.5 Å². The zero-order valence-corrected chi connectivity index (χ0v) is 20.1. The molecule has 1 unspecified atom stereocenters. The molecular weight excluding hydrogens is 488 g/mol. The smallest absolute Gasteiger partial charge is 0.339 e. The summed E-state index contributed by atoms with van der Waals surface area (Å²) in [6, 6.07) is 16.2. The van der Waals surface area contributed by atoms with Gasteiger partial charge in [-0.25, -0.2) is 9.59 Å². The molecule has 0 bridgehead atoms. The number of hydrogen-bond donors (Lipinski definition) is 3. The third kappa shape index (κ3) is 5.91. The largest absolute Gasteiger partial charge is 0.496 e. The second-order valence-electron chi connectivity index (χ2n) is 7.25. The number of ether oxygens (including phenoxy) is 2. The second-order valence-corrected chi connectivity index (χ2v) is 7.69. The van der Waals surface area contributed by atoms with Gasteiger partial charge in [0.25, 0.3) is 11.6 Å². The molecule has 36 heavy (non-hydrogen) atoms. The molecule has 3 aromatic carbocycles. The zero-order chi connectivity index (χ0) is 26.2. The van der Waals surface area contributed by atoms with Crippen LogP contribution in [0.15, 0.2) is 72.8 Å². The first-order valence-electron chi connectivity index (χ1n) is 10.4. The molecule has 0 aliphatic rings. The van der Waals surface area contributed by atoms with Crippen molar-refractivity contribution in [3.8, 4) is 5.75 Å². The summed E-state index contributed by atoms with van der Waals surface area (Å²) in [7, 11) is 2.57. The number of amides is 3. The number of carbonyl (C=O) groups is 3. The van der Waals surface area contributed by atoms with E-state index in [-0.39, 0.29) is 22.7 Å². The van der Waals surface area contributed by atoms with Crippen molar-refractivity contribution in [1.82, 2.24) is 4.31 Å². The first-order valence-corrected chi connectivity index (χ1v) is 10.8. The molecule has 3 aromatic rings. The van der Waals surface area contributed by atoms with Gasteiger partial charge in [0.05, 0.1) is 36.5 Å². The van der Waals surface area contributed by atoms with Crippen molar-refractivity contribution < 1.29 is 28.8 Å². The van der Waals surface area contributed by atoms with E-state index < -0.39 is 34.6 Å². The topological polar surface area (TPSA) is 140 Å². The number of hydrogen-bond acceptors (Lipinski definition) is 8. The van der Waals surface area contributed by atoms with Gasteiger partial charge in [0.1, 0.15) is 17.5 Å². The van der Waals surface area contributed by atoms with E-state index in [0.29, 0.717) is 5.56 Å². The van der Waals surface area contributed by atoms with Crippen LogP contribution in [-0.2, 0) is 9.53 Å². The molecule has 0 aliphatic heterocycles. The summed E-state index contributed by atoms with van der Waals surface area (Å²) in [5.74, 6) is -1.12. The summed E-state index contributed by atoms with van der Waals surface area (Å²) < 4.78 is 10.6. The normalized spacial score (nSPS) is 11.1. The first-order chi connectivity index (χ1) is 17.3. The number of esters is 1. The molecule has 0 spiro atoms. The number of rotatable bonds is 8. The Balaban J connectivity index is 1.92. The highest BCUT2D eigenvalue weighted by Crippen LogP contribution is 2.31. The molecule has 3 rings (SSSR count). The van der Waals surface area contributed by atoms with Gasteiger partial charge in [-0.15, -0.1) is 0 Å². The number of methoxy groups -OCH3 is 2. The molecule has 0 saturated carbocycles. The maximum atomic E-state index is 13.4. The van der Waals surface area contributed by atoms with Crippen LogP contribution in [0.3, 0.4) is 0 Å². The van der Waals surface area contributed by atoms with Crippen molar-refractivity contribution >= 4 is 47.8 Å². The number of urea groups is 1. The van der Waals surface area contributed by atoms with Crippen molar-refractivity contribution in [3.63, 3.8) is 0 Å². The molecule has 186 valence electrons. The molecule has 3 amide bonds. The molecule has 0 heterocycles. The van der Waals surface area contributed by atoms with Gasteiger partial charge in [0.2, 0.25) is 0 Å². The second kappa shape index (κ2) is 11.7. The molecule has 0 saturated heterocycles. The predicted octanol–water partition coefficient (Wildman–Crippen LogP) is 4.45. The van der Waals surface area contributed by atoms with Gasteiger partial charge in [0.15, 0.2) is 0 Å². The lowest BCUT2D eigenvalue weighted by molar-refractivity contribution is -0.384. The number of nitrogens with zero attached hydrogens (tertiary/aromatic N) is 2. The van der Waals surface area contributed by atoms with E-state index in [0.717, 1.165) is 10.4 Å². The number of thiol groups is 1. The van der Waals surface area contributed by atoms with Gasteiger partial charge in [-0.05, 0) is 29.8 Å². The number of nitro groups is 1.